The Labute approximate surface area is 174 Å². The van der Waals surface area contributed by atoms with E-state index in [9.17, 15) is 4.79 Å². The van der Waals surface area contributed by atoms with Gasteiger partial charge >= 0.3 is 5.97 Å². The van der Waals surface area contributed by atoms with E-state index in [1.54, 1.807) is 37.6 Å². The van der Waals surface area contributed by atoms with Crippen LogP contribution in [0, 0.1) is 6.92 Å². The van der Waals surface area contributed by atoms with E-state index in [4.69, 9.17) is 26.2 Å². The molecule has 0 amide bonds. The summed E-state index contributed by atoms with van der Waals surface area (Å²) in [5, 5.41) is 9.37. The fourth-order valence-corrected chi connectivity index (χ4v) is 2.98. The number of aliphatic imine (C=N–C) groups is 1. The summed E-state index contributed by atoms with van der Waals surface area (Å²) >= 11 is 6.41. The molecule has 0 saturated carbocycles. The van der Waals surface area contributed by atoms with Gasteiger partial charge in [-0.05, 0) is 53.9 Å². The van der Waals surface area contributed by atoms with Crippen LogP contribution in [0.3, 0.4) is 0 Å². The molecule has 0 saturated heterocycles. The first-order valence-electron chi connectivity index (χ1n) is 8.90. The van der Waals surface area contributed by atoms with E-state index < -0.39 is 5.97 Å². The molecule has 3 aromatic rings. The fourth-order valence-electron chi connectivity index (χ4n) is 2.71. The zero-order valence-corrected chi connectivity index (χ0v) is 16.8. The van der Waals surface area contributed by atoms with Crippen LogP contribution >= 0.6 is 11.6 Å². The number of carboxylic acid groups (broad SMARTS) is 1. The molecular formula is C23H20ClNO4. The van der Waals surface area contributed by atoms with Crippen molar-refractivity contribution in [2.24, 2.45) is 4.99 Å². The van der Waals surface area contributed by atoms with Gasteiger partial charge in [0.05, 0.1) is 23.4 Å². The van der Waals surface area contributed by atoms with Crippen molar-refractivity contribution in [1.29, 1.82) is 0 Å². The van der Waals surface area contributed by atoms with E-state index in [0.717, 1.165) is 22.4 Å². The van der Waals surface area contributed by atoms with Crippen molar-refractivity contribution in [2.75, 3.05) is 7.11 Å². The van der Waals surface area contributed by atoms with E-state index in [1.165, 1.54) is 12.1 Å². The highest BCUT2D eigenvalue weighted by Crippen LogP contribution is 2.36. The van der Waals surface area contributed by atoms with Gasteiger partial charge in [-0.2, -0.15) is 0 Å². The normalized spacial score (nSPS) is 10.9. The maximum absolute atomic E-state index is 10.9. The van der Waals surface area contributed by atoms with E-state index in [0.29, 0.717) is 16.5 Å². The van der Waals surface area contributed by atoms with Gasteiger partial charge in [-0.1, -0.05) is 41.9 Å². The number of nitrogens with zero attached hydrogens (tertiary/aromatic N) is 1. The zero-order chi connectivity index (χ0) is 20.8. The molecule has 0 aliphatic rings. The summed E-state index contributed by atoms with van der Waals surface area (Å²) in [7, 11) is 1.54. The molecule has 0 heterocycles. The van der Waals surface area contributed by atoms with Gasteiger partial charge in [-0.3, -0.25) is 4.99 Å². The molecule has 148 valence electrons. The van der Waals surface area contributed by atoms with Gasteiger partial charge in [0.1, 0.15) is 6.61 Å². The lowest BCUT2D eigenvalue weighted by molar-refractivity contribution is 0.0697. The molecule has 0 radical (unpaired) electrons. The highest BCUT2D eigenvalue weighted by molar-refractivity contribution is 6.32. The number of para-hydroxylation sites is 1. The van der Waals surface area contributed by atoms with Crippen LogP contribution in [0.25, 0.3) is 0 Å². The molecule has 0 atom stereocenters. The fraction of sp³-hybridized carbons (Fsp3) is 0.130. The largest absolute Gasteiger partial charge is 0.493 e. The zero-order valence-electron chi connectivity index (χ0n) is 16.1. The van der Waals surface area contributed by atoms with Gasteiger partial charge in [0.2, 0.25) is 0 Å². The Morgan fingerprint density at radius 1 is 1.14 bits per heavy atom. The molecule has 0 bridgehead atoms. The molecule has 1 N–H and O–H groups in total. The number of hydrogen-bond acceptors (Lipinski definition) is 4. The second-order valence-corrected chi connectivity index (χ2v) is 6.78. The van der Waals surface area contributed by atoms with Crippen LogP contribution in [0.15, 0.2) is 65.7 Å². The van der Waals surface area contributed by atoms with E-state index in [-0.39, 0.29) is 12.2 Å². The first kappa shape index (κ1) is 20.4. The first-order chi connectivity index (χ1) is 14.0. The quantitative estimate of drug-likeness (QED) is 0.509. The minimum absolute atomic E-state index is 0.224. The Hall–Kier alpha value is -3.31. The average Bonchev–Trinajstić information content (AvgIpc) is 2.72. The maximum atomic E-state index is 10.9. The van der Waals surface area contributed by atoms with E-state index >= 15 is 0 Å². The predicted octanol–water partition coefficient (Wildman–Crippen LogP) is 5.68. The molecule has 0 fully saturated rings. The molecule has 29 heavy (non-hydrogen) atoms. The van der Waals surface area contributed by atoms with Crippen molar-refractivity contribution in [1.82, 2.24) is 0 Å². The predicted molar refractivity (Wildman–Crippen MR) is 114 cm³/mol. The van der Waals surface area contributed by atoms with Crippen molar-refractivity contribution in [3.63, 3.8) is 0 Å². The van der Waals surface area contributed by atoms with Gasteiger partial charge in [-0.25, -0.2) is 4.79 Å². The second-order valence-electron chi connectivity index (χ2n) is 6.37. The molecule has 0 aromatic heterocycles. The van der Waals surface area contributed by atoms with Crippen LogP contribution in [-0.4, -0.2) is 24.4 Å². The van der Waals surface area contributed by atoms with Crippen LogP contribution in [-0.2, 0) is 6.61 Å². The first-order valence-corrected chi connectivity index (χ1v) is 9.28. The van der Waals surface area contributed by atoms with E-state index in [2.05, 4.69) is 4.99 Å². The summed E-state index contributed by atoms with van der Waals surface area (Å²) in [6, 6.07) is 17.9. The number of benzene rings is 3. The third-order valence-electron chi connectivity index (χ3n) is 4.30. The monoisotopic (exact) mass is 409 g/mol. The molecule has 3 rings (SSSR count). The van der Waals surface area contributed by atoms with Crippen LogP contribution in [0.1, 0.15) is 27.0 Å². The van der Waals surface area contributed by atoms with Crippen LogP contribution in [0.5, 0.6) is 11.5 Å². The summed E-state index contributed by atoms with van der Waals surface area (Å²) < 4.78 is 11.3. The van der Waals surface area contributed by atoms with Crippen molar-refractivity contribution in [3.05, 3.63) is 87.9 Å². The Morgan fingerprint density at radius 2 is 1.86 bits per heavy atom. The minimum atomic E-state index is -0.967. The topological polar surface area (TPSA) is 68.1 Å². The van der Waals surface area contributed by atoms with Crippen molar-refractivity contribution >= 4 is 29.5 Å². The molecule has 5 nitrogen and oxygen atoms in total. The number of aryl methyl sites for hydroxylation is 1. The van der Waals surface area contributed by atoms with Crippen molar-refractivity contribution in [3.8, 4) is 11.5 Å². The highest BCUT2D eigenvalue weighted by atomic mass is 35.5. The number of ether oxygens (including phenoxy) is 2. The number of rotatable bonds is 7. The van der Waals surface area contributed by atoms with Gasteiger partial charge < -0.3 is 14.6 Å². The van der Waals surface area contributed by atoms with Crippen molar-refractivity contribution < 1.29 is 19.4 Å². The molecular weight excluding hydrogens is 390 g/mol. The number of hydrogen-bond donors (Lipinski definition) is 1. The average molecular weight is 410 g/mol. The van der Waals surface area contributed by atoms with Gasteiger partial charge in [0, 0.05) is 6.21 Å². The summed E-state index contributed by atoms with van der Waals surface area (Å²) in [5.41, 5.74) is 3.79. The third kappa shape index (κ3) is 5.15. The third-order valence-corrected chi connectivity index (χ3v) is 4.58. The number of carboxylic acids is 1. The summed E-state index contributed by atoms with van der Waals surface area (Å²) in [4.78, 5) is 15.4. The highest BCUT2D eigenvalue weighted by Gasteiger charge is 2.12. The SMILES string of the molecule is COc1cc(C=Nc2ccccc2C)cc(Cl)c1OCc1ccc(C(=O)O)cc1. The smallest absolute Gasteiger partial charge is 0.335 e. The number of aromatic carboxylic acids is 1. The molecule has 0 spiro atoms. The lowest BCUT2D eigenvalue weighted by Gasteiger charge is -2.13. The standard InChI is InChI=1S/C23H20ClNO4/c1-15-5-3-4-6-20(15)25-13-17-11-19(24)22(21(12-17)28-2)29-14-16-7-9-18(10-8-16)23(26)27/h3-13H,14H2,1-2H3,(H,26,27). The summed E-state index contributed by atoms with van der Waals surface area (Å²) in [6.07, 6.45) is 1.73. The molecule has 6 heteroatoms. The Morgan fingerprint density at radius 3 is 2.52 bits per heavy atom. The van der Waals surface area contributed by atoms with Crippen LogP contribution < -0.4 is 9.47 Å². The Kier molecular flexibility index (Phi) is 6.52. The summed E-state index contributed by atoms with van der Waals surface area (Å²) in [5.74, 6) is -0.0551. The van der Waals surface area contributed by atoms with E-state index in [1.807, 2.05) is 31.2 Å². The summed E-state index contributed by atoms with van der Waals surface area (Å²) in [6.45, 7) is 2.23. The molecule has 3 aromatic carbocycles. The molecule has 0 aliphatic heterocycles. The lowest BCUT2D eigenvalue weighted by atomic mass is 10.1. The maximum Gasteiger partial charge on any atom is 0.335 e. The number of carbonyl (C=O) groups is 1. The molecule has 0 aliphatic carbocycles. The number of halogens is 1. The molecule has 0 unspecified atom stereocenters. The van der Waals surface area contributed by atoms with Gasteiger partial charge in [-0.15, -0.1) is 0 Å². The van der Waals surface area contributed by atoms with Gasteiger partial charge in [0.15, 0.2) is 11.5 Å². The Bertz CT molecular complexity index is 1050. The number of methoxy groups -OCH3 is 1. The minimum Gasteiger partial charge on any atom is -0.493 e. The van der Waals surface area contributed by atoms with Crippen LogP contribution in [0.2, 0.25) is 5.02 Å². The lowest BCUT2D eigenvalue weighted by Crippen LogP contribution is -2.01. The van der Waals surface area contributed by atoms with Crippen LogP contribution in [0.4, 0.5) is 5.69 Å². The Balaban J connectivity index is 1.77. The second kappa shape index (κ2) is 9.26. The van der Waals surface area contributed by atoms with Crippen molar-refractivity contribution in [2.45, 2.75) is 13.5 Å². The van der Waals surface area contributed by atoms with Gasteiger partial charge in [0.25, 0.3) is 0 Å².